The van der Waals surface area contributed by atoms with Crippen molar-refractivity contribution in [3.63, 3.8) is 0 Å². The highest BCUT2D eigenvalue weighted by molar-refractivity contribution is 7.91. The highest BCUT2D eigenvalue weighted by atomic mass is 32.2. The van der Waals surface area contributed by atoms with E-state index in [1.165, 1.54) is 24.3 Å². The van der Waals surface area contributed by atoms with E-state index >= 15 is 0 Å². The molecule has 0 unspecified atom stereocenters. The molecule has 2 rings (SSSR count). The summed E-state index contributed by atoms with van der Waals surface area (Å²) in [4.78, 5) is 21.0. The average molecular weight is 336 g/mol. The van der Waals surface area contributed by atoms with Gasteiger partial charge in [0.25, 0.3) is 0 Å². The maximum Gasteiger partial charge on any atom is 0.339 e. The molecular formula is C16H16O6S. The van der Waals surface area contributed by atoms with Gasteiger partial charge in [-0.2, -0.15) is 4.89 Å². The molecule has 0 saturated carbocycles. The number of rotatable bonds is 7. The van der Waals surface area contributed by atoms with Gasteiger partial charge in [0, 0.05) is 0 Å². The van der Waals surface area contributed by atoms with Crippen molar-refractivity contribution in [3.8, 4) is 5.75 Å². The molecule has 6 nitrogen and oxygen atoms in total. The van der Waals surface area contributed by atoms with Crippen LogP contribution in [0.5, 0.6) is 5.75 Å². The molecule has 0 aliphatic heterocycles. The Morgan fingerprint density at radius 2 is 1.74 bits per heavy atom. The minimum absolute atomic E-state index is 0.0210. The number of para-hydroxylation sites is 1. The first-order valence-electron chi connectivity index (χ1n) is 6.81. The van der Waals surface area contributed by atoms with Crippen LogP contribution in [-0.4, -0.2) is 31.9 Å². The molecule has 0 atom stereocenters. The van der Waals surface area contributed by atoms with Crippen LogP contribution in [0.15, 0.2) is 53.4 Å². The summed E-state index contributed by atoms with van der Waals surface area (Å²) in [6.45, 7) is 1.65. The summed E-state index contributed by atoms with van der Waals surface area (Å²) in [5.74, 6) is -1.41. The third-order valence-corrected chi connectivity index (χ3v) is 4.78. The lowest BCUT2D eigenvalue weighted by molar-refractivity contribution is -0.201. The summed E-state index contributed by atoms with van der Waals surface area (Å²) in [5, 5.41) is 8.99. The van der Waals surface area contributed by atoms with Crippen molar-refractivity contribution in [2.45, 2.75) is 11.8 Å². The molecule has 0 radical (unpaired) electrons. The molecule has 0 bridgehead atoms. The van der Waals surface area contributed by atoms with E-state index < -0.39 is 15.8 Å². The SMILES string of the molecule is Cc1ccc(S(=O)(=O)CCOOc2ccccc2C(=O)O)cc1. The van der Waals surface area contributed by atoms with Gasteiger partial charge in [-0.05, 0) is 31.2 Å². The summed E-state index contributed by atoms with van der Waals surface area (Å²) < 4.78 is 24.2. The van der Waals surface area contributed by atoms with Crippen LogP contribution < -0.4 is 4.89 Å². The van der Waals surface area contributed by atoms with Gasteiger partial charge < -0.3 is 9.99 Å². The fourth-order valence-electron chi connectivity index (χ4n) is 1.83. The van der Waals surface area contributed by atoms with Gasteiger partial charge in [0.15, 0.2) is 15.6 Å². The first kappa shape index (κ1) is 17.0. The predicted molar refractivity (Wildman–Crippen MR) is 83.2 cm³/mol. The molecule has 0 spiro atoms. The second-order valence-electron chi connectivity index (χ2n) is 4.84. The number of carboxylic acid groups (broad SMARTS) is 1. The number of benzene rings is 2. The first-order valence-corrected chi connectivity index (χ1v) is 8.46. The fourth-order valence-corrected chi connectivity index (χ4v) is 2.90. The zero-order chi connectivity index (χ0) is 16.9. The van der Waals surface area contributed by atoms with E-state index in [1.807, 2.05) is 6.92 Å². The molecule has 122 valence electrons. The third-order valence-electron chi connectivity index (χ3n) is 3.08. The second kappa shape index (κ2) is 7.26. The largest absolute Gasteiger partial charge is 0.478 e. The van der Waals surface area contributed by atoms with Gasteiger partial charge in [-0.15, -0.1) is 0 Å². The molecule has 2 aromatic rings. The molecule has 0 heterocycles. The molecule has 2 aromatic carbocycles. The Labute approximate surface area is 134 Å². The zero-order valence-electron chi connectivity index (χ0n) is 12.4. The minimum atomic E-state index is -3.48. The Kier molecular flexibility index (Phi) is 5.36. The standard InChI is InChI=1S/C16H16O6S/c1-12-6-8-13(9-7-12)23(19,20)11-10-21-22-15-5-3-2-4-14(15)16(17)18/h2-9H,10-11H2,1H3,(H,17,18). The summed E-state index contributed by atoms with van der Waals surface area (Å²) in [7, 11) is -3.48. The molecule has 0 aliphatic carbocycles. The van der Waals surface area contributed by atoms with E-state index in [4.69, 9.17) is 14.9 Å². The molecule has 0 saturated heterocycles. The normalized spacial score (nSPS) is 11.2. The van der Waals surface area contributed by atoms with Gasteiger partial charge in [0.2, 0.25) is 0 Å². The van der Waals surface area contributed by atoms with Crippen LogP contribution in [0.4, 0.5) is 0 Å². The molecular weight excluding hydrogens is 320 g/mol. The van der Waals surface area contributed by atoms with Gasteiger partial charge in [0.05, 0.1) is 10.6 Å². The monoisotopic (exact) mass is 336 g/mol. The van der Waals surface area contributed by atoms with Gasteiger partial charge in [-0.3, -0.25) is 0 Å². The van der Waals surface area contributed by atoms with Crippen molar-refractivity contribution in [3.05, 3.63) is 59.7 Å². The number of hydrogen-bond acceptors (Lipinski definition) is 5. The summed E-state index contributed by atoms with van der Waals surface area (Å²) >= 11 is 0. The second-order valence-corrected chi connectivity index (χ2v) is 6.95. The van der Waals surface area contributed by atoms with Gasteiger partial charge >= 0.3 is 5.97 Å². The smallest absolute Gasteiger partial charge is 0.339 e. The molecule has 7 heteroatoms. The molecule has 0 aromatic heterocycles. The quantitative estimate of drug-likeness (QED) is 0.474. The summed E-state index contributed by atoms with van der Waals surface area (Å²) in [6.07, 6.45) is 0. The van der Waals surface area contributed by atoms with E-state index in [-0.39, 0.29) is 28.6 Å². The highest BCUT2D eigenvalue weighted by Crippen LogP contribution is 2.18. The molecule has 0 aliphatic rings. The lowest BCUT2D eigenvalue weighted by Gasteiger charge is -2.08. The molecule has 0 amide bonds. The van der Waals surface area contributed by atoms with E-state index in [0.717, 1.165) is 5.56 Å². The number of aromatic carboxylic acids is 1. The van der Waals surface area contributed by atoms with E-state index in [0.29, 0.717) is 0 Å². The predicted octanol–water partition coefficient (Wildman–Crippen LogP) is 2.48. The molecule has 1 N–H and O–H groups in total. The van der Waals surface area contributed by atoms with Crippen molar-refractivity contribution in [1.82, 2.24) is 0 Å². The number of carboxylic acids is 1. The van der Waals surface area contributed by atoms with E-state index in [1.54, 1.807) is 24.3 Å². The van der Waals surface area contributed by atoms with Gasteiger partial charge in [-0.25, -0.2) is 13.2 Å². The lowest BCUT2D eigenvalue weighted by atomic mass is 10.2. The van der Waals surface area contributed by atoms with Crippen LogP contribution in [0, 0.1) is 6.92 Å². The first-order chi connectivity index (χ1) is 10.9. The van der Waals surface area contributed by atoms with Crippen molar-refractivity contribution in [2.75, 3.05) is 12.4 Å². The van der Waals surface area contributed by atoms with Crippen molar-refractivity contribution in [2.24, 2.45) is 0 Å². The number of carbonyl (C=O) groups is 1. The van der Waals surface area contributed by atoms with Crippen LogP contribution in [-0.2, 0) is 14.7 Å². The van der Waals surface area contributed by atoms with Gasteiger partial charge in [-0.1, -0.05) is 29.8 Å². The van der Waals surface area contributed by atoms with Crippen LogP contribution in [0.2, 0.25) is 0 Å². The Bertz CT molecular complexity index is 780. The highest BCUT2D eigenvalue weighted by Gasteiger charge is 2.15. The van der Waals surface area contributed by atoms with Crippen LogP contribution >= 0.6 is 0 Å². The third kappa shape index (κ3) is 4.54. The Hall–Kier alpha value is -2.38. The van der Waals surface area contributed by atoms with Crippen molar-refractivity contribution < 1.29 is 28.1 Å². The van der Waals surface area contributed by atoms with Crippen molar-refractivity contribution in [1.29, 1.82) is 0 Å². The Morgan fingerprint density at radius 3 is 2.39 bits per heavy atom. The Balaban J connectivity index is 1.93. The van der Waals surface area contributed by atoms with Crippen LogP contribution in [0.3, 0.4) is 0 Å². The number of hydrogen-bond donors (Lipinski definition) is 1. The van der Waals surface area contributed by atoms with Gasteiger partial charge in [0.1, 0.15) is 12.2 Å². The minimum Gasteiger partial charge on any atom is -0.478 e. The lowest BCUT2D eigenvalue weighted by Crippen LogP contribution is -2.14. The Morgan fingerprint density at radius 1 is 1.09 bits per heavy atom. The molecule has 0 fully saturated rings. The summed E-state index contributed by atoms with van der Waals surface area (Å²) in [5.41, 5.74) is 0.905. The zero-order valence-corrected chi connectivity index (χ0v) is 13.2. The summed E-state index contributed by atoms with van der Waals surface area (Å²) in [6, 6.07) is 12.4. The van der Waals surface area contributed by atoms with Crippen molar-refractivity contribution >= 4 is 15.8 Å². The number of aryl methyl sites for hydroxylation is 1. The number of sulfone groups is 1. The topological polar surface area (TPSA) is 89.9 Å². The van der Waals surface area contributed by atoms with E-state index in [9.17, 15) is 13.2 Å². The fraction of sp³-hybridized carbons (Fsp3) is 0.188. The van der Waals surface area contributed by atoms with Crippen LogP contribution in [0.1, 0.15) is 15.9 Å². The van der Waals surface area contributed by atoms with E-state index in [2.05, 4.69) is 0 Å². The molecule has 23 heavy (non-hydrogen) atoms. The average Bonchev–Trinajstić information content (AvgIpc) is 2.52. The maximum absolute atomic E-state index is 12.1. The van der Waals surface area contributed by atoms with Crippen LogP contribution in [0.25, 0.3) is 0 Å². The maximum atomic E-state index is 12.1.